The SMILES string of the molecule is NC(=O)c1cc(Br)c(=O)[nH]c1O. The van der Waals surface area contributed by atoms with Gasteiger partial charge in [0.25, 0.3) is 11.5 Å². The summed E-state index contributed by atoms with van der Waals surface area (Å²) in [6.07, 6.45) is 0. The molecular formula is C6H5BrN2O3. The van der Waals surface area contributed by atoms with Gasteiger partial charge in [-0.1, -0.05) is 0 Å². The molecule has 1 heterocycles. The number of H-pyrrole nitrogens is 1. The number of primary amides is 1. The van der Waals surface area contributed by atoms with Crippen LogP contribution in [-0.4, -0.2) is 16.0 Å². The molecule has 0 saturated carbocycles. The zero-order chi connectivity index (χ0) is 9.30. The largest absolute Gasteiger partial charge is 0.494 e. The van der Waals surface area contributed by atoms with E-state index in [2.05, 4.69) is 15.9 Å². The third-order valence-electron chi connectivity index (χ3n) is 1.24. The predicted molar refractivity (Wildman–Crippen MR) is 44.9 cm³/mol. The molecule has 5 nitrogen and oxygen atoms in total. The van der Waals surface area contributed by atoms with Crippen LogP contribution in [0.25, 0.3) is 0 Å². The summed E-state index contributed by atoms with van der Waals surface area (Å²) in [5.41, 5.74) is 4.25. The van der Waals surface area contributed by atoms with E-state index >= 15 is 0 Å². The third-order valence-corrected chi connectivity index (χ3v) is 1.83. The molecule has 0 aromatic carbocycles. The second-order valence-corrected chi connectivity index (χ2v) is 2.93. The number of hydrogen-bond donors (Lipinski definition) is 3. The van der Waals surface area contributed by atoms with Crippen LogP contribution in [0.5, 0.6) is 5.88 Å². The summed E-state index contributed by atoms with van der Waals surface area (Å²) in [5, 5.41) is 9.01. The zero-order valence-electron chi connectivity index (χ0n) is 5.80. The lowest BCUT2D eigenvalue weighted by Crippen LogP contribution is -2.15. The third kappa shape index (κ3) is 1.48. The Hall–Kier alpha value is -1.30. The molecule has 6 heteroatoms. The molecule has 0 aliphatic rings. The maximum Gasteiger partial charge on any atom is 0.265 e. The molecule has 0 spiro atoms. The van der Waals surface area contributed by atoms with E-state index in [0.717, 1.165) is 6.07 Å². The van der Waals surface area contributed by atoms with Crippen LogP contribution >= 0.6 is 15.9 Å². The number of aromatic hydroxyl groups is 1. The Bertz CT molecular complexity index is 385. The minimum atomic E-state index is -0.801. The van der Waals surface area contributed by atoms with Crippen LogP contribution in [0, 0.1) is 0 Å². The Morgan fingerprint density at radius 2 is 2.25 bits per heavy atom. The topological polar surface area (TPSA) is 96.2 Å². The van der Waals surface area contributed by atoms with Crippen molar-refractivity contribution in [3.05, 3.63) is 26.5 Å². The van der Waals surface area contributed by atoms with Gasteiger partial charge in [-0.3, -0.25) is 14.6 Å². The van der Waals surface area contributed by atoms with Crippen molar-refractivity contribution in [3.8, 4) is 5.88 Å². The zero-order valence-corrected chi connectivity index (χ0v) is 7.38. The average Bonchev–Trinajstić information content (AvgIpc) is 1.96. The second kappa shape index (κ2) is 2.98. The molecule has 12 heavy (non-hydrogen) atoms. The van der Waals surface area contributed by atoms with Gasteiger partial charge in [-0.2, -0.15) is 0 Å². The number of carbonyl (C=O) groups excluding carboxylic acids is 1. The van der Waals surface area contributed by atoms with E-state index in [4.69, 9.17) is 10.8 Å². The lowest BCUT2D eigenvalue weighted by Gasteiger charge is -1.98. The van der Waals surface area contributed by atoms with E-state index in [1.165, 1.54) is 0 Å². The van der Waals surface area contributed by atoms with E-state index in [9.17, 15) is 9.59 Å². The first-order valence-electron chi connectivity index (χ1n) is 2.94. The van der Waals surface area contributed by atoms with Crippen molar-refractivity contribution < 1.29 is 9.90 Å². The first-order valence-corrected chi connectivity index (χ1v) is 3.73. The number of amides is 1. The number of carbonyl (C=O) groups is 1. The van der Waals surface area contributed by atoms with E-state index in [0.29, 0.717) is 0 Å². The Balaban J connectivity index is 3.43. The fraction of sp³-hybridized carbons (Fsp3) is 0. The summed E-state index contributed by atoms with van der Waals surface area (Å²) < 4.78 is 0.147. The summed E-state index contributed by atoms with van der Waals surface area (Å²) >= 11 is 2.89. The molecule has 64 valence electrons. The van der Waals surface area contributed by atoms with Crippen molar-refractivity contribution in [2.45, 2.75) is 0 Å². The van der Waals surface area contributed by atoms with Gasteiger partial charge in [0.1, 0.15) is 5.56 Å². The van der Waals surface area contributed by atoms with Gasteiger partial charge in [0, 0.05) is 0 Å². The van der Waals surface area contributed by atoms with Crippen molar-refractivity contribution >= 4 is 21.8 Å². The molecule has 0 bridgehead atoms. The number of hydrogen-bond acceptors (Lipinski definition) is 3. The van der Waals surface area contributed by atoms with Crippen molar-refractivity contribution in [1.82, 2.24) is 4.98 Å². The van der Waals surface area contributed by atoms with Crippen LogP contribution in [-0.2, 0) is 0 Å². The Morgan fingerprint density at radius 3 is 2.75 bits per heavy atom. The Morgan fingerprint density at radius 1 is 1.67 bits per heavy atom. The average molecular weight is 233 g/mol. The molecule has 0 saturated heterocycles. The number of nitrogens with two attached hydrogens (primary N) is 1. The number of rotatable bonds is 1. The molecule has 0 radical (unpaired) electrons. The molecule has 1 aromatic rings. The van der Waals surface area contributed by atoms with E-state index in [1.807, 2.05) is 4.98 Å². The Kier molecular flexibility index (Phi) is 2.18. The number of aromatic nitrogens is 1. The summed E-state index contributed by atoms with van der Waals surface area (Å²) in [7, 11) is 0. The van der Waals surface area contributed by atoms with E-state index in [-0.39, 0.29) is 10.0 Å². The fourth-order valence-corrected chi connectivity index (χ4v) is 1.01. The number of aromatic amines is 1. The number of pyridine rings is 1. The van der Waals surface area contributed by atoms with Crippen LogP contribution in [0.15, 0.2) is 15.3 Å². The molecule has 1 rings (SSSR count). The van der Waals surface area contributed by atoms with E-state index < -0.39 is 17.3 Å². The molecule has 1 amide bonds. The first-order chi connectivity index (χ1) is 5.52. The van der Waals surface area contributed by atoms with Crippen LogP contribution in [0.2, 0.25) is 0 Å². The summed E-state index contributed by atoms with van der Waals surface area (Å²) in [4.78, 5) is 23.4. The minimum absolute atomic E-state index is 0.124. The van der Waals surface area contributed by atoms with Crippen LogP contribution in [0.1, 0.15) is 10.4 Å². The highest BCUT2D eigenvalue weighted by atomic mass is 79.9. The number of halogens is 1. The summed E-state index contributed by atoms with van der Waals surface area (Å²) in [6, 6.07) is 1.16. The molecular weight excluding hydrogens is 228 g/mol. The highest BCUT2D eigenvalue weighted by Gasteiger charge is 2.10. The molecule has 4 N–H and O–H groups in total. The summed E-state index contributed by atoms with van der Waals surface area (Å²) in [5.74, 6) is -1.32. The summed E-state index contributed by atoms with van der Waals surface area (Å²) in [6.45, 7) is 0. The van der Waals surface area contributed by atoms with Crippen LogP contribution < -0.4 is 11.3 Å². The van der Waals surface area contributed by atoms with Crippen molar-refractivity contribution in [2.75, 3.05) is 0 Å². The lowest BCUT2D eigenvalue weighted by atomic mass is 10.2. The highest BCUT2D eigenvalue weighted by Crippen LogP contribution is 2.13. The van der Waals surface area contributed by atoms with E-state index in [1.54, 1.807) is 0 Å². The Labute approximate surface area is 75.3 Å². The van der Waals surface area contributed by atoms with Gasteiger partial charge >= 0.3 is 0 Å². The van der Waals surface area contributed by atoms with Gasteiger partial charge in [0.05, 0.1) is 4.47 Å². The molecule has 0 aliphatic carbocycles. The highest BCUT2D eigenvalue weighted by molar-refractivity contribution is 9.10. The number of nitrogens with one attached hydrogen (secondary N) is 1. The van der Waals surface area contributed by atoms with Crippen LogP contribution in [0.3, 0.4) is 0 Å². The minimum Gasteiger partial charge on any atom is -0.494 e. The maximum atomic E-state index is 10.8. The quantitative estimate of drug-likeness (QED) is 0.633. The van der Waals surface area contributed by atoms with Gasteiger partial charge in [0.15, 0.2) is 0 Å². The first kappa shape index (κ1) is 8.79. The molecule has 0 fully saturated rings. The standard InChI is InChI=1S/C6H5BrN2O3/c7-3-1-2(4(8)10)5(11)9-6(3)12/h1H,(H2,8,10)(H2,9,11,12). The smallest absolute Gasteiger partial charge is 0.265 e. The van der Waals surface area contributed by atoms with Gasteiger partial charge in [-0.25, -0.2) is 0 Å². The molecule has 0 aliphatic heterocycles. The van der Waals surface area contributed by atoms with Gasteiger partial charge in [0.2, 0.25) is 5.88 Å². The second-order valence-electron chi connectivity index (χ2n) is 2.07. The van der Waals surface area contributed by atoms with Gasteiger partial charge < -0.3 is 10.8 Å². The van der Waals surface area contributed by atoms with Gasteiger partial charge in [-0.05, 0) is 22.0 Å². The molecule has 0 atom stereocenters. The van der Waals surface area contributed by atoms with Crippen LogP contribution in [0.4, 0.5) is 0 Å². The maximum absolute atomic E-state index is 10.8. The van der Waals surface area contributed by atoms with Crippen molar-refractivity contribution in [3.63, 3.8) is 0 Å². The monoisotopic (exact) mass is 232 g/mol. The molecule has 0 unspecified atom stereocenters. The van der Waals surface area contributed by atoms with Gasteiger partial charge in [-0.15, -0.1) is 0 Å². The predicted octanol–water partition coefficient (Wildman–Crippen LogP) is -0.0581. The molecule has 1 aromatic heterocycles. The van der Waals surface area contributed by atoms with Crippen molar-refractivity contribution in [1.29, 1.82) is 0 Å². The fourth-order valence-electron chi connectivity index (χ4n) is 0.683. The van der Waals surface area contributed by atoms with Crippen molar-refractivity contribution in [2.24, 2.45) is 5.73 Å². The lowest BCUT2D eigenvalue weighted by molar-refractivity contribution is 0.0997. The normalized spacial score (nSPS) is 9.75.